The molecule has 1 rings (SSSR count). The molecule has 0 spiro atoms. The van der Waals surface area contributed by atoms with Gasteiger partial charge in [0.05, 0.1) is 17.1 Å². The molecule has 18 heavy (non-hydrogen) atoms. The lowest BCUT2D eigenvalue weighted by Crippen LogP contribution is -2.38. The van der Waals surface area contributed by atoms with E-state index in [1.807, 2.05) is 13.8 Å². The van der Waals surface area contributed by atoms with Crippen LogP contribution >= 0.6 is 12.2 Å². The van der Waals surface area contributed by atoms with Crippen molar-refractivity contribution in [3.05, 3.63) is 29.3 Å². The van der Waals surface area contributed by atoms with E-state index >= 15 is 0 Å². The van der Waals surface area contributed by atoms with Crippen LogP contribution < -0.4 is 5.73 Å². The maximum Gasteiger partial charge on any atom is 0.257 e. The van der Waals surface area contributed by atoms with Crippen molar-refractivity contribution in [3.8, 4) is 5.75 Å². The lowest BCUT2D eigenvalue weighted by atomic mass is 10.1. The molecule has 98 valence electrons. The van der Waals surface area contributed by atoms with Crippen molar-refractivity contribution in [2.24, 2.45) is 5.73 Å². The maximum atomic E-state index is 12.3. The fraction of sp³-hybridized carbons (Fsp3) is 0.385. The predicted molar refractivity (Wildman–Crippen MR) is 75.8 cm³/mol. The first-order valence-electron chi connectivity index (χ1n) is 5.83. The predicted octanol–water partition coefficient (Wildman–Crippen LogP) is 1.84. The van der Waals surface area contributed by atoms with Crippen LogP contribution in [0.1, 0.15) is 29.3 Å². The maximum absolute atomic E-state index is 12.3. The molecule has 0 aromatic heterocycles. The van der Waals surface area contributed by atoms with Gasteiger partial charge in [-0.05, 0) is 31.0 Å². The van der Waals surface area contributed by atoms with Gasteiger partial charge in [-0.25, -0.2) is 0 Å². The van der Waals surface area contributed by atoms with Crippen molar-refractivity contribution >= 4 is 23.1 Å². The summed E-state index contributed by atoms with van der Waals surface area (Å²) >= 11 is 4.83. The van der Waals surface area contributed by atoms with Crippen LogP contribution in [0.3, 0.4) is 0 Å². The molecule has 0 saturated heterocycles. The largest absolute Gasteiger partial charge is 0.507 e. The van der Waals surface area contributed by atoms with E-state index in [1.54, 1.807) is 23.1 Å². The van der Waals surface area contributed by atoms with Crippen LogP contribution in [0.15, 0.2) is 18.2 Å². The molecule has 0 aliphatic heterocycles. The van der Waals surface area contributed by atoms with Gasteiger partial charge in [-0.3, -0.25) is 4.79 Å². The highest BCUT2D eigenvalue weighted by atomic mass is 32.1. The van der Waals surface area contributed by atoms with Gasteiger partial charge >= 0.3 is 0 Å². The third kappa shape index (κ3) is 3.70. The molecule has 0 radical (unpaired) electrons. The lowest BCUT2D eigenvalue weighted by Gasteiger charge is -2.22. The number of hydrogen-bond acceptors (Lipinski definition) is 3. The summed E-state index contributed by atoms with van der Waals surface area (Å²) in [5.74, 6) is -0.258. The molecule has 1 amide bonds. The highest BCUT2D eigenvalue weighted by Crippen LogP contribution is 2.20. The Balaban J connectivity index is 2.97. The molecular weight excluding hydrogens is 248 g/mol. The van der Waals surface area contributed by atoms with E-state index in [-0.39, 0.29) is 28.8 Å². The summed E-state index contributed by atoms with van der Waals surface area (Å²) in [6, 6.07) is 4.98. The fourth-order valence-corrected chi connectivity index (χ4v) is 1.86. The summed E-state index contributed by atoms with van der Waals surface area (Å²) < 4.78 is 0. The van der Waals surface area contributed by atoms with Crippen molar-refractivity contribution in [1.82, 2.24) is 4.90 Å². The van der Waals surface area contributed by atoms with E-state index in [0.717, 1.165) is 12.0 Å². The average molecular weight is 266 g/mol. The monoisotopic (exact) mass is 266 g/mol. The standard InChI is InChI=1S/C13H18N2O2S/c1-3-6-15(8-12(14)18)13(17)10-5-4-9(2)7-11(10)16/h4-5,7,16H,3,6,8H2,1-2H3,(H2,14,18). The third-order valence-corrected chi connectivity index (χ3v) is 2.64. The second-order valence-corrected chi connectivity index (χ2v) is 4.74. The summed E-state index contributed by atoms with van der Waals surface area (Å²) in [6.07, 6.45) is 0.807. The van der Waals surface area contributed by atoms with Gasteiger partial charge in [0.1, 0.15) is 5.75 Å². The Morgan fingerprint density at radius 2 is 2.17 bits per heavy atom. The van der Waals surface area contributed by atoms with Crippen molar-refractivity contribution in [3.63, 3.8) is 0 Å². The number of carbonyl (C=O) groups excluding carboxylic acids is 1. The van der Waals surface area contributed by atoms with Gasteiger partial charge in [0, 0.05) is 6.54 Å². The minimum absolute atomic E-state index is 0.0101. The number of nitrogens with zero attached hydrogens (tertiary/aromatic N) is 1. The molecule has 5 heteroatoms. The Morgan fingerprint density at radius 3 is 2.67 bits per heavy atom. The first-order valence-corrected chi connectivity index (χ1v) is 6.23. The van der Waals surface area contributed by atoms with Crippen LogP contribution in [-0.4, -0.2) is 34.0 Å². The zero-order valence-electron chi connectivity index (χ0n) is 10.6. The van der Waals surface area contributed by atoms with Crippen LogP contribution in [0.4, 0.5) is 0 Å². The van der Waals surface area contributed by atoms with Crippen molar-refractivity contribution in [1.29, 1.82) is 0 Å². The smallest absolute Gasteiger partial charge is 0.257 e. The molecule has 0 fully saturated rings. The number of phenols is 1. The third-order valence-electron chi connectivity index (χ3n) is 2.51. The van der Waals surface area contributed by atoms with Crippen molar-refractivity contribution < 1.29 is 9.90 Å². The van der Waals surface area contributed by atoms with E-state index in [9.17, 15) is 9.90 Å². The Morgan fingerprint density at radius 1 is 1.50 bits per heavy atom. The molecular formula is C13H18N2O2S. The van der Waals surface area contributed by atoms with E-state index in [1.165, 1.54) is 0 Å². The van der Waals surface area contributed by atoms with E-state index < -0.39 is 0 Å². The van der Waals surface area contributed by atoms with Gasteiger partial charge < -0.3 is 15.7 Å². The molecule has 0 aliphatic carbocycles. The zero-order valence-corrected chi connectivity index (χ0v) is 11.5. The van der Waals surface area contributed by atoms with E-state index in [4.69, 9.17) is 18.0 Å². The Kier molecular flexibility index (Phi) is 5.09. The molecule has 0 unspecified atom stereocenters. The molecule has 0 saturated carbocycles. The minimum atomic E-state index is -0.248. The first-order chi connectivity index (χ1) is 8.45. The van der Waals surface area contributed by atoms with Gasteiger partial charge in [-0.1, -0.05) is 25.2 Å². The quantitative estimate of drug-likeness (QED) is 0.798. The molecule has 1 aromatic rings. The Hall–Kier alpha value is -1.62. The van der Waals surface area contributed by atoms with Crippen LogP contribution in [0.25, 0.3) is 0 Å². The van der Waals surface area contributed by atoms with E-state index in [2.05, 4.69) is 0 Å². The zero-order chi connectivity index (χ0) is 13.7. The SMILES string of the molecule is CCCN(CC(N)=S)C(=O)c1ccc(C)cc1O. The van der Waals surface area contributed by atoms with Crippen LogP contribution in [0.5, 0.6) is 5.75 Å². The van der Waals surface area contributed by atoms with Crippen molar-refractivity contribution in [2.45, 2.75) is 20.3 Å². The number of hydrogen-bond donors (Lipinski definition) is 2. The van der Waals surface area contributed by atoms with Gasteiger partial charge in [0.15, 0.2) is 0 Å². The number of rotatable bonds is 5. The van der Waals surface area contributed by atoms with Crippen molar-refractivity contribution in [2.75, 3.05) is 13.1 Å². The first kappa shape index (κ1) is 14.4. The molecule has 3 N–H and O–H groups in total. The number of aromatic hydroxyl groups is 1. The number of nitrogens with two attached hydrogens (primary N) is 1. The molecule has 0 bridgehead atoms. The number of benzene rings is 1. The number of amides is 1. The molecule has 0 atom stereocenters. The average Bonchev–Trinajstić information content (AvgIpc) is 2.27. The van der Waals surface area contributed by atoms with Gasteiger partial charge in [-0.15, -0.1) is 0 Å². The second-order valence-electron chi connectivity index (χ2n) is 4.21. The van der Waals surface area contributed by atoms with Crippen LogP contribution in [-0.2, 0) is 0 Å². The number of phenolic OH excluding ortho intramolecular Hbond substituents is 1. The molecule has 4 nitrogen and oxygen atoms in total. The summed E-state index contributed by atoms with van der Waals surface area (Å²) in [5, 5.41) is 9.80. The number of carbonyl (C=O) groups is 1. The highest BCUT2D eigenvalue weighted by Gasteiger charge is 2.18. The summed E-state index contributed by atoms with van der Waals surface area (Å²) in [4.78, 5) is 14.1. The van der Waals surface area contributed by atoms with Crippen LogP contribution in [0.2, 0.25) is 0 Å². The lowest BCUT2D eigenvalue weighted by molar-refractivity contribution is 0.0777. The summed E-state index contributed by atoms with van der Waals surface area (Å²) in [7, 11) is 0. The Labute approximate surface area is 112 Å². The summed E-state index contributed by atoms with van der Waals surface area (Å²) in [5.41, 5.74) is 6.66. The minimum Gasteiger partial charge on any atom is -0.507 e. The van der Waals surface area contributed by atoms with Crippen LogP contribution in [0, 0.1) is 6.92 Å². The highest BCUT2D eigenvalue weighted by molar-refractivity contribution is 7.80. The molecule has 0 aliphatic rings. The van der Waals surface area contributed by atoms with Gasteiger partial charge in [-0.2, -0.15) is 0 Å². The van der Waals surface area contributed by atoms with Gasteiger partial charge in [0.25, 0.3) is 5.91 Å². The normalized spacial score (nSPS) is 10.1. The second kappa shape index (κ2) is 6.35. The molecule has 1 aromatic carbocycles. The Bertz CT molecular complexity index is 460. The topological polar surface area (TPSA) is 66.6 Å². The molecule has 0 heterocycles. The van der Waals surface area contributed by atoms with E-state index in [0.29, 0.717) is 6.54 Å². The summed E-state index contributed by atoms with van der Waals surface area (Å²) in [6.45, 7) is 4.61. The number of thiocarbonyl (C=S) groups is 1. The number of aryl methyl sites for hydroxylation is 1. The van der Waals surface area contributed by atoms with Gasteiger partial charge in [0.2, 0.25) is 0 Å². The fourth-order valence-electron chi connectivity index (χ4n) is 1.70.